The summed E-state index contributed by atoms with van der Waals surface area (Å²) < 4.78 is 16.1. The number of hydrogen-bond acceptors (Lipinski definition) is 4. The van der Waals surface area contributed by atoms with Gasteiger partial charge < -0.3 is 24.8 Å². The first-order chi connectivity index (χ1) is 13.2. The molecule has 0 unspecified atom stereocenters. The molecule has 2 aromatic rings. The van der Waals surface area contributed by atoms with Crippen LogP contribution in [0.1, 0.15) is 24.0 Å². The maximum absolute atomic E-state index is 5.53. The number of nitrogens with zero attached hydrogens (tertiary/aromatic N) is 1. The third-order valence-electron chi connectivity index (χ3n) is 5.28. The Balaban J connectivity index is 0.00000225. The Morgan fingerprint density at radius 3 is 2.50 bits per heavy atom. The fourth-order valence-corrected chi connectivity index (χ4v) is 3.35. The van der Waals surface area contributed by atoms with E-state index in [1.54, 1.807) is 14.2 Å². The number of methoxy groups -OCH3 is 1. The molecule has 0 spiro atoms. The van der Waals surface area contributed by atoms with Crippen molar-refractivity contribution in [3.8, 4) is 17.2 Å². The number of fused-ring (bicyclic) bond motifs is 1. The minimum atomic E-state index is 0. The zero-order chi connectivity index (χ0) is 18.7. The molecular weight excluding hydrogens is 469 g/mol. The van der Waals surface area contributed by atoms with Crippen molar-refractivity contribution >= 4 is 29.9 Å². The first-order valence-electron chi connectivity index (χ1n) is 9.20. The Morgan fingerprint density at radius 1 is 1.07 bits per heavy atom. The molecule has 28 heavy (non-hydrogen) atoms. The van der Waals surface area contributed by atoms with Crippen molar-refractivity contribution in [2.24, 2.45) is 4.99 Å². The van der Waals surface area contributed by atoms with Crippen LogP contribution in [0.15, 0.2) is 47.5 Å². The van der Waals surface area contributed by atoms with Crippen LogP contribution in [0.2, 0.25) is 0 Å². The van der Waals surface area contributed by atoms with Crippen LogP contribution in [0.5, 0.6) is 17.2 Å². The Bertz CT molecular complexity index is 835. The molecule has 2 aliphatic rings. The van der Waals surface area contributed by atoms with Gasteiger partial charge >= 0.3 is 0 Å². The number of halogens is 1. The van der Waals surface area contributed by atoms with Gasteiger partial charge in [0.05, 0.1) is 7.11 Å². The zero-order valence-corrected chi connectivity index (χ0v) is 18.5. The van der Waals surface area contributed by atoms with E-state index in [2.05, 4.69) is 27.8 Å². The van der Waals surface area contributed by atoms with E-state index in [0.29, 0.717) is 13.3 Å². The average Bonchev–Trinajstić information content (AvgIpc) is 3.36. The molecule has 0 amide bonds. The lowest BCUT2D eigenvalue weighted by atomic mass is 9.95. The van der Waals surface area contributed by atoms with E-state index >= 15 is 0 Å². The van der Waals surface area contributed by atoms with Gasteiger partial charge in [0.2, 0.25) is 6.79 Å². The highest BCUT2D eigenvalue weighted by Crippen LogP contribution is 2.49. The second-order valence-corrected chi connectivity index (χ2v) is 6.98. The van der Waals surface area contributed by atoms with Crippen molar-refractivity contribution in [3.63, 3.8) is 0 Å². The molecule has 0 aromatic heterocycles. The predicted octanol–water partition coefficient (Wildman–Crippen LogP) is 3.44. The average molecular weight is 495 g/mol. The summed E-state index contributed by atoms with van der Waals surface area (Å²) in [5.74, 6) is 3.35. The quantitative estimate of drug-likeness (QED) is 0.366. The van der Waals surface area contributed by atoms with E-state index in [1.165, 1.54) is 11.1 Å². The minimum Gasteiger partial charge on any atom is -0.497 e. The Kier molecular flexibility index (Phi) is 6.53. The molecule has 1 saturated carbocycles. The van der Waals surface area contributed by atoms with Gasteiger partial charge in [-0.15, -0.1) is 24.0 Å². The second kappa shape index (κ2) is 8.89. The fraction of sp³-hybridized carbons (Fsp3) is 0.381. The van der Waals surface area contributed by atoms with Gasteiger partial charge in [-0.05, 0) is 48.2 Å². The summed E-state index contributed by atoms with van der Waals surface area (Å²) in [6.07, 6.45) is 2.32. The highest BCUT2D eigenvalue weighted by molar-refractivity contribution is 14.0. The van der Waals surface area contributed by atoms with E-state index in [1.807, 2.05) is 30.3 Å². The summed E-state index contributed by atoms with van der Waals surface area (Å²) in [5, 5.41) is 6.84. The topological polar surface area (TPSA) is 64.1 Å². The van der Waals surface area contributed by atoms with Crippen LogP contribution in [-0.2, 0) is 12.0 Å². The van der Waals surface area contributed by atoms with Crippen LogP contribution >= 0.6 is 24.0 Å². The molecule has 6 nitrogen and oxygen atoms in total. The number of guanidine groups is 1. The summed E-state index contributed by atoms with van der Waals surface area (Å²) in [6.45, 7) is 1.86. The Morgan fingerprint density at radius 2 is 1.82 bits per heavy atom. The summed E-state index contributed by atoms with van der Waals surface area (Å²) >= 11 is 0. The standard InChI is InChI=1S/C21H25N3O3.HI/c1-22-20(23-12-15-3-6-17(25-2)7-4-15)24-13-21(9-10-21)16-5-8-18-19(11-16)27-14-26-18;/h3-8,11H,9-10,12-14H2,1-2H3,(H2,22,23,24);1H. The predicted molar refractivity (Wildman–Crippen MR) is 120 cm³/mol. The van der Waals surface area contributed by atoms with E-state index in [-0.39, 0.29) is 29.4 Å². The molecule has 4 rings (SSSR count). The summed E-state index contributed by atoms with van der Waals surface area (Å²) in [5.41, 5.74) is 2.62. The third kappa shape index (κ3) is 4.45. The molecule has 2 aromatic carbocycles. The maximum atomic E-state index is 5.53. The highest BCUT2D eigenvalue weighted by Gasteiger charge is 2.44. The molecule has 0 saturated heterocycles. The molecule has 0 atom stereocenters. The number of ether oxygens (including phenoxy) is 3. The van der Waals surface area contributed by atoms with Gasteiger partial charge in [0.15, 0.2) is 17.5 Å². The summed E-state index contributed by atoms with van der Waals surface area (Å²) in [6, 6.07) is 14.3. The first kappa shape index (κ1) is 20.6. The van der Waals surface area contributed by atoms with Gasteiger partial charge in [0.25, 0.3) is 0 Å². The molecule has 1 fully saturated rings. The van der Waals surface area contributed by atoms with Crippen molar-refractivity contribution in [1.82, 2.24) is 10.6 Å². The van der Waals surface area contributed by atoms with Crippen LogP contribution in [0.4, 0.5) is 0 Å². The lowest BCUT2D eigenvalue weighted by molar-refractivity contribution is 0.174. The lowest BCUT2D eigenvalue weighted by Crippen LogP contribution is -2.40. The van der Waals surface area contributed by atoms with E-state index in [4.69, 9.17) is 14.2 Å². The van der Waals surface area contributed by atoms with Crippen LogP contribution < -0.4 is 24.8 Å². The molecule has 150 valence electrons. The Hall–Kier alpha value is -2.16. The highest BCUT2D eigenvalue weighted by atomic mass is 127. The van der Waals surface area contributed by atoms with Gasteiger partial charge in [-0.3, -0.25) is 4.99 Å². The number of benzene rings is 2. The number of hydrogen-bond donors (Lipinski definition) is 2. The number of aliphatic imine (C=N–C) groups is 1. The lowest BCUT2D eigenvalue weighted by Gasteiger charge is -2.19. The van der Waals surface area contributed by atoms with Crippen LogP contribution in [-0.4, -0.2) is 33.5 Å². The van der Waals surface area contributed by atoms with Crippen molar-refractivity contribution < 1.29 is 14.2 Å². The molecule has 7 heteroatoms. The summed E-state index contributed by atoms with van der Waals surface area (Å²) in [4.78, 5) is 4.34. The van der Waals surface area contributed by atoms with Crippen LogP contribution in [0.25, 0.3) is 0 Å². The largest absolute Gasteiger partial charge is 0.497 e. The number of nitrogens with one attached hydrogen (secondary N) is 2. The van der Waals surface area contributed by atoms with Gasteiger partial charge in [0, 0.05) is 25.6 Å². The SMILES string of the molecule is CN=C(NCc1ccc(OC)cc1)NCC1(c2ccc3c(c2)OCO3)CC1.I. The molecule has 0 radical (unpaired) electrons. The molecule has 0 bridgehead atoms. The smallest absolute Gasteiger partial charge is 0.231 e. The van der Waals surface area contributed by atoms with Crippen molar-refractivity contribution in [2.75, 3.05) is 27.5 Å². The second-order valence-electron chi connectivity index (χ2n) is 6.98. The van der Waals surface area contributed by atoms with E-state index in [9.17, 15) is 0 Å². The fourth-order valence-electron chi connectivity index (χ4n) is 3.35. The van der Waals surface area contributed by atoms with Gasteiger partial charge in [-0.2, -0.15) is 0 Å². The van der Waals surface area contributed by atoms with Crippen LogP contribution in [0.3, 0.4) is 0 Å². The first-order valence-corrected chi connectivity index (χ1v) is 9.20. The normalized spacial score (nSPS) is 16.1. The monoisotopic (exact) mass is 495 g/mol. The molecule has 1 aliphatic carbocycles. The van der Waals surface area contributed by atoms with Gasteiger partial charge in [0.1, 0.15) is 5.75 Å². The minimum absolute atomic E-state index is 0. The molecule has 2 N–H and O–H groups in total. The summed E-state index contributed by atoms with van der Waals surface area (Å²) in [7, 11) is 3.47. The van der Waals surface area contributed by atoms with Crippen molar-refractivity contribution in [3.05, 3.63) is 53.6 Å². The maximum Gasteiger partial charge on any atom is 0.231 e. The third-order valence-corrected chi connectivity index (χ3v) is 5.28. The van der Waals surface area contributed by atoms with E-state index < -0.39 is 0 Å². The van der Waals surface area contributed by atoms with Gasteiger partial charge in [-0.25, -0.2) is 0 Å². The van der Waals surface area contributed by atoms with Crippen molar-refractivity contribution in [1.29, 1.82) is 0 Å². The Labute approximate surface area is 182 Å². The number of rotatable bonds is 6. The molecular formula is C21H26IN3O3. The van der Waals surface area contributed by atoms with Gasteiger partial charge in [-0.1, -0.05) is 18.2 Å². The molecule has 1 aliphatic heterocycles. The zero-order valence-electron chi connectivity index (χ0n) is 16.2. The van der Waals surface area contributed by atoms with E-state index in [0.717, 1.165) is 42.6 Å². The molecule has 1 heterocycles. The van der Waals surface area contributed by atoms with Crippen molar-refractivity contribution in [2.45, 2.75) is 24.8 Å². The van der Waals surface area contributed by atoms with Crippen LogP contribution in [0, 0.1) is 0 Å².